The van der Waals surface area contributed by atoms with Gasteiger partial charge in [-0.25, -0.2) is 4.98 Å². The van der Waals surface area contributed by atoms with Gasteiger partial charge in [-0.05, 0) is 68.9 Å². The van der Waals surface area contributed by atoms with Crippen molar-refractivity contribution in [3.63, 3.8) is 0 Å². The summed E-state index contributed by atoms with van der Waals surface area (Å²) in [4.78, 5) is 21.0. The second kappa shape index (κ2) is 8.53. The van der Waals surface area contributed by atoms with Crippen LogP contribution in [0.2, 0.25) is 0 Å². The first kappa shape index (κ1) is 19.8. The summed E-state index contributed by atoms with van der Waals surface area (Å²) in [5.41, 5.74) is 4.82. The van der Waals surface area contributed by atoms with Gasteiger partial charge in [-0.3, -0.25) is 9.78 Å². The smallest absolute Gasteiger partial charge is 0.231 e. The summed E-state index contributed by atoms with van der Waals surface area (Å²) in [7, 11) is 0. The maximum absolute atomic E-state index is 11.5. The van der Waals surface area contributed by atoms with Gasteiger partial charge in [0.25, 0.3) is 0 Å². The molecule has 0 unspecified atom stereocenters. The number of benzene rings is 1. The van der Waals surface area contributed by atoms with Crippen LogP contribution in [0.25, 0.3) is 22.6 Å². The Morgan fingerprint density at radius 3 is 2.77 bits per heavy atom. The third-order valence-corrected chi connectivity index (χ3v) is 6.29. The van der Waals surface area contributed by atoms with E-state index < -0.39 is 0 Å². The molecule has 3 aromatic rings. The van der Waals surface area contributed by atoms with Crippen molar-refractivity contribution in [3.05, 3.63) is 48.4 Å². The predicted octanol–water partition coefficient (Wildman–Crippen LogP) is 5.19. The van der Waals surface area contributed by atoms with Crippen molar-refractivity contribution in [3.8, 4) is 34.1 Å². The Morgan fingerprint density at radius 2 is 1.94 bits per heavy atom. The number of imidazole rings is 1. The van der Waals surface area contributed by atoms with Crippen molar-refractivity contribution in [2.45, 2.75) is 52.0 Å². The minimum Gasteiger partial charge on any atom is -0.454 e. The van der Waals surface area contributed by atoms with Crippen LogP contribution in [0.3, 0.4) is 0 Å². The number of ether oxygens (including phenoxy) is 2. The average Bonchev–Trinajstić information content (AvgIpc) is 3.41. The van der Waals surface area contributed by atoms with E-state index in [1.165, 1.54) is 0 Å². The summed E-state index contributed by atoms with van der Waals surface area (Å²) in [5, 5.41) is 0. The third-order valence-electron chi connectivity index (χ3n) is 6.29. The normalized spacial score (nSPS) is 16.1. The summed E-state index contributed by atoms with van der Waals surface area (Å²) in [6, 6.07) is 12.1. The molecule has 1 saturated carbocycles. The second-order valence-electron chi connectivity index (χ2n) is 8.49. The Kier molecular flexibility index (Phi) is 5.45. The van der Waals surface area contributed by atoms with Crippen LogP contribution in [0.5, 0.6) is 11.5 Å². The molecule has 0 spiro atoms. The quantitative estimate of drug-likeness (QED) is 0.552. The van der Waals surface area contributed by atoms with Gasteiger partial charge < -0.3 is 14.0 Å². The molecule has 6 nitrogen and oxygen atoms in total. The average molecular weight is 418 g/mol. The van der Waals surface area contributed by atoms with Crippen LogP contribution in [0, 0.1) is 12.8 Å². The van der Waals surface area contributed by atoms with Crippen LogP contribution in [0.4, 0.5) is 0 Å². The molecule has 0 saturated heterocycles. The lowest BCUT2D eigenvalue weighted by Gasteiger charge is -2.21. The maximum Gasteiger partial charge on any atom is 0.231 e. The summed E-state index contributed by atoms with van der Waals surface area (Å²) in [6.45, 7) is 3.14. The van der Waals surface area contributed by atoms with Crippen molar-refractivity contribution in [1.29, 1.82) is 0 Å². The van der Waals surface area contributed by atoms with Gasteiger partial charge in [-0.15, -0.1) is 0 Å². The van der Waals surface area contributed by atoms with E-state index in [-0.39, 0.29) is 6.79 Å². The lowest BCUT2D eigenvalue weighted by Crippen LogP contribution is -2.14. The van der Waals surface area contributed by atoms with Gasteiger partial charge in [0.2, 0.25) is 6.79 Å². The molecule has 6 heteroatoms. The van der Waals surface area contributed by atoms with E-state index in [1.807, 2.05) is 43.6 Å². The zero-order valence-electron chi connectivity index (χ0n) is 17.8. The number of carbonyl (C=O) groups is 1. The summed E-state index contributed by atoms with van der Waals surface area (Å²) >= 11 is 0. The van der Waals surface area contributed by atoms with Crippen LogP contribution in [-0.2, 0) is 11.3 Å². The van der Waals surface area contributed by atoms with Crippen molar-refractivity contribution in [1.82, 2.24) is 14.5 Å². The lowest BCUT2D eigenvalue weighted by molar-refractivity contribution is -0.121. The minimum absolute atomic E-state index is 0.258. The van der Waals surface area contributed by atoms with Crippen LogP contribution < -0.4 is 9.47 Å². The first-order valence-electron chi connectivity index (χ1n) is 11.1. The number of Topliss-reactive ketones (excluding diaryl/α,β-unsaturated/α-hetero) is 1. The maximum atomic E-state index is 11.5. The highest BCUT2D eigenvalue weighted by atomic mass is 16.7. The fraction of sp³-hybridized carbons (Fsp3) is 0.400. The predicted molar refractivity (Wildman–Crippen MR) is 118 cm³/mol. The number of rotatable bonds is 6. The molecule has 0 radical (unpaired) electrons. The molecule has 1 aliphatic heterocycles. The standard InChI is InChI=1S/C25H27N3O3/c1-17-4-2-6-21(27-17)24-25(19-9-12-22-23(14-19)31-16-30-22)28(15-26-24)13-3-5-18-7-10-20(29)11-8-18/h2,4,6,9,12,14-15,18H,3,5,7-8,10-11,13,16H2,1H3. The fourth-order valence-corrected chi connectivity index (χ4v) is 4.60. The number of hydrogen-bond donors (Lipinski definition) is 0. The molecule has 1 fully saturated rings. The molecule has 1 aliphatic carbocycles. The molecule has 31 heavy (non-hydrogen) atoms. The van der Waals surface area contributed by atoms with Gasteiger partial charge in [0.05, 0.1) is 17.7 Å². The Labute approximate surface area is 182 Å². The van der Waals surface area contributed by atoms with Gasteiger partial charge in [-0.2, -0.15) is 0 Å². The molecule has 1 aromatic carbocycles. The number of aromatic nitrogens is 3. The Morgan fingerprint density at radius 1 is 1.10 bits per heavy atom. The number of carbonyl (C=O) groups excluding carboxylic acids is 1. The van der Waals surface area contributed by atoms with E-state index in [2.05, 4.69) is 10.6 Å². The first-order valence-corrected chi connectivity index (χ1v) is 11.1. The second-order valence-corrected chi connectivity index (χ2v) is 8.49. The van der Waals surface area contributed by atoms with Crippen LogP contribution in [-0.4, -0.2) is 27.1 Å². The van der Waals surface area contributed by atoms with Gasteiger partial charge in [0, 0.05) is 30.6 Å². The monoisotopic (exact) mass is 417 g/mol. The number of hydrogen-bond acceptors (Lipinski definition) is 5. The SMILES string of the molecule is Cc1cccc(-c2ncn(CCCC3CCC(=O)CC3)c2-c2ccc3c(c2)OCO3)n1. The third kappa shape index (κ3) is 4.20. The van der Waals surface area contributed by atoms with Crippen molar-refractivity contribution < 1.29 is 14.3 Å². The molecule has 2 aliphatic rings. The number of pyridine rings is 1. The molecule has 160 valence electrons. The molecule has 5 rings (SSSR count). The van der Waals surface area contributed by atoms with E-state index in [0.29, 0.717) is 11.7 Å². The van der Waals surface area contributed by atoms with E-state index in [4.69, 9.17) is 19.4 Å². The summed E-state index contributed by atoms with van der Waals surface area (Å²) in [5.74, 6) is 2.62. The molecule has 0 N–H and O–H groups in total. The minimum atomic E-state index is 0.258. The Bertz CT molecular complexity index is 1100. The molecule has 3 heterocycles. The summed E-state index contributed by atoms with van der Waals surface area (Å²) < 4.78 is 13.3. The Hall–Kier alpha value is -3.15. The molecule has 0 bridgehead atoms. The fourth-order valence-electron chi connectivity index (χ4n) is 4.60. The van der Waals surface area contributed by atoms with Gasteiger partial charge in [-0.1, -0.05) is 6.07 Å². The highest BCUT2D eigenvalue weighted by molar-refractivity contribution is 5.79. The van der Waals surface area contributed by atoms with E-state index >= 15 is 0 Å². The molecular formula is C25H27N3O3. The van der Waals surface area contributed by atoms with Crippen molar-refractivity contribution >= 4 is 5.78 Å². The topological polar surface area (TPSA) is 66.2 Å². The van der Waals surface area contributed by atoms with Gasteiger partial charge in [0.1, 0.15) is 11.5 Å². The zero-order chi connectivity index (χ0) is 21.2. The van der Waals surface area contributed by atoms with Crippen LogP contribution in [0.15, 0.2) is 42.7 Å². The van der Waals surface area contributed by atoms with Crippen LogP contribution >= 0.6 is 0 Å². The summed E-state index contributed by atoms with van der Waals surface area (Å²) in [6.07, 6.45) is 7.70. The van der Waals surface area contributed by atoms with E-state index in [1.54, 1.807) is 0 Å². The number of nitrogens with zero attached hydrogens (tertiary/aromatic N) is 3. The van der Waals surface area contributed by atoms with E-state index in [0.717, 1.165) is 84.9 Å². The van der Waals surface area contributed by atoms with Gasteiger partial charge in [0.15, 0.2) is 11.5 Å². The highest BCUT2D eigenvalue weighted by Crippen LogP contribution is 2.39. The van der Waals surface area contributed by atoms with Crippen molar-refractivity contribution in [2.75, 3.05) is 6.79 Å². The molecule has 2 aromatic heterocycles. The lowest BCUT2D eigenvalue weighted by atomic mass is 9.85. The zero-order valence-corrected chi connectivity index (χ0v) is 17.8. The number of fused-ring (bicyclic) bond motifs is 1. The van der Waals surface area contributed by atoms with Gasteiger partial charge >= 0.3 is 0 Å². The molecular weight excluding hydrogens is 390 g/mol. The molecule has 0 amide bonds. The first-order chi connectivity index (χ1) is 15.2. The highest BCUT2D eigenvalue weighted by Gasteiger charge is 2.21. The van der Waals surface area contributed by atoms with E-state index in [9.17, 15) is 4.79 Å². The van der Waals surface area contributed by atoms with Crippen molar-refractivity contribution in [2.24, 2.45) is 5.92 Å². The largest absolute Gasteiger partial charge is 0.454 e. The van der Waals surface area contributed by atoms with Crippen LogP contribution in [0.1, 0.15) is 44.2 Å². The number of ketones is 1. The number of aryl methyl sites for hydroxylation is 2. The molecule has 0 atom stereocenters. The Balaban J connectivity index is 1.43.